The average Bonchev–Trinajstić information content (AvgIpc) is 2.89. The molecule has 2 aromatic rings. The van der Waals surface area contributed by atoms with E-state index in [9.17, 15) is 9.18 Å². The van der Waals surface area contributed by atoms with Crippen LogP contribution in [0.25, 0.3) is 11.3 Å². The molecule has 1 amide bonds. The van der Waals surface area contributed by atoms with E-state index in [0.717, 1.165) is 19.5 Å². The lowest BCUT2D eigenvalue weighted by molar-refractivity contribution is 0.0767. The number of anilines is 1. The summed E-state index contributed by atoms with van der Waals surface area (Å²) in [5.74, 6) is 0.231. The molecule has 1 N–H and O–H groups in total. The van der Waals surface area contributed by atoms with Crippen molar-refractivity contribution in [2.75, 3.05) is 52.3 Å². The summed E-state index contributed by atoms with van der Waals surface area (Å²) in [5.41, 5.74) is 0.922. The van der Waals surface area contributed by atoms with Gasteiger partial charge in [-0.05, 0) is 31.2 Å². The van der Waals surface area contributed by atoms with Crippen LogP contribution >= 0.6 is 0 Å². The van der Waals surface area contributed by atoms with Crippen molar-refractivity contribution in [3.8, 4) is 17.1 Å². The SMILES string of the molecule is COc1cc(-c2onc(N(C)C)c2C(=O)N2CCCNCC2)ccc1F. The Morgan fingerprint density at radius 3 is 2.88 bits per heavy atom. The normalized spacial score (nSPS) is 14.8. The van der Waals surface area contributed by atoms with Gasteiger partial charge < -0.3 is 24.4 Å². The zero-order chi connectivity index (χ0) is 18.7. The van der Waals surface area contributed by atoms with E-state index in [-0.39, 0.29) is 11.7 Å². The molecule has 1 saturated heterocycles. The van der Waals surface area contributed by atoms with Gasteiger partial charge in [0.2, 0.25) is 0 Å². The number of aromatic nitrogens is 1. The third-order valence-corrected chi connectivity index (χ3v) is 4.35. The van der Waals surface area contributed by atoms with Gasteiger partial charge in [0.05, 0.1) is 7.11 Å². The van der Waals surface area contributed by atoms with Gasteiger partial charge in [-0.15, -0.1) is 0 Å². The van der Waals surface area contributed by atoms with Crippen molar-refractivity contribution in [1.29, 1.82) is 0 Å². The van der Waals surface area contributed by atoms with E-state index >= 15 is 0 Å². The quantitative estimate of drug-likeness (QED) is 0.897. The van der Waals surface area contributed by atoms with Crippen LogP contribution in [0.1, 0.15) is 16.8 Å². The van der Waals surface area contributed by atoms with Crippen molar-refractivity contribution in [2.45, 2.75) is 6.42 Å². The zero-order valence-corrected chi connectivity index (χ0v) is 15.2. The highest BCUT2D eigenvalue weighted by Gasteiger charge is 2.29. The predicted octanol–water partition coefficient (Wildman–Crippen LogP) is 1.99. The van der Waals surface area contributed by atoms with Crippen molar-refractivity contribution >= 4 is 11.7 Å². The Morgan fingerprint density at radius 2 is 2.15 bits per heavy atom. The highest BCUT2D eigenvalue weighted by molar-refractivity contribution is 6.04. The number of rotatable bonds is 4. The Labute approximate surface area is 151 Å². The maximum atomic E-state index is 13.8. The first kappa shape index (κ1) is 18.2. The van der Waals surface area contributed by atoms with E-state index < -0.39 is 5.82 Å². The second-order valence-electron chi connectivity index (χ2n) is 6.35. The van der Waals surface area contributed by atoms with Crippen LogP contribution in [0.3, 0.4) is 0 Å². The van der Waals surface area contributed by atoms with Gasteiger partial charge in [-0.2, -0.15) is 0 Å². The van der Waals surface area contributed by atoms with E-state index in [1.54, 1.807) is 30.0 Å². The van der Waals surface area contributed by atoms with Crippen molar-refractivity contribution in [3.05, 3.63) is 29.6 Å². The summed E-state index contributed by atoms with van der Waals surface area (Å²) < 4.78 is 24.3. The number of methoxy groups -OCH3 is 1. The van der Waals surface area contributed by atoms with Gasteiger partial charge in [-0.1, -0.05) is 5.16 Å². The molecular weight excluding hydrogens is 339 g/mol. The van der Waals surface area contributed by atoms with Crippen LogP contribution in [-0.4, -0.2) is 63.3 Å². The van der Waals surface area contributed by atoms with E-state index in [1.807, 2.05) is 0 Å². The van der Waals surface area contributed by atoms with E-state index in [4.69, 9.17) is 9.26 Å². The van der Waals surface area contributed by atoms with Gasteiger partial charge in [-0.25, -0.2) is 4.39 Å². The number of hydrogen-bond donors (Lipinski definition) is 1. The van der Waals surface area contributed by atoms with E-state index in [1.165, 1.54) is 19.2 Å². The molecule has 0 bridgehead atoms. The maximum absolute atomic E-state index is 13.8. The molecule has 1 aliphatic heterocycles. The molecule has 26 heavy (non-hydrogen) atoms. The van der Waals surface area contributed by atoms with E-state index in [2.05, 4.69) is 10.5 Å². The van der Waals surface area contributed by atoms with Crippen LogP contribution in [0.15, 0.2) is 22.7 Å². The van der Waals surface area contributed by atoms with Crippen LogP contribution in [0.2, 0.25) is 0 Å². The summed E-state index contributed by atoms with van der Waals surface area (Å²) in [6.07, 6.45) is 0.883. The Balaban J connectivity index is 2.05. The third-order valence-electron chi connectivity index (χ3n) is 4.35. The Morgan fingerprint density at radius 1 is 1.35 bits per heavy atom. The maximum Gasteiger partial charge on any atom is 0.261 e. The number of hydrogen-bond acceptors (Lipinski definition) is 6. The molecule has 0 unspecified atom stereocenters. The van der Waals surface area contributed by atoms with Crippen molar-refractivity contribution in [2.24, 2.45) is 0 Å². The molecule has 140 valence electrons. The second-order valence-corrected chi connectivity index (χ2v) is 6.35. The predicted molar refractivity (Wildman–Crippen MR) is 96.2 cm³/mol. The first-order valence-electron chi connectivity index (χ1n) is 8.54. The van der Waals surface area contributed by atoms with Crippen LogP contribution in [-0.2, 0) is 0 Å². The Kier molecular flexibility index (Phi) is 5.41. The summed E-state index contributed by atoms with van der Waals surface area (Å²) in [6, 6.07) is 4.35. The summed E-state index contributed by atoms with van der Waals surface area (Å²) in [4.78, 5) is 16.7. The molecule has 1 aromatic heterocycles. The highest BCUT2D eigenvalue weighted by atomic mass is 19.1. The van der Waals surface area contributed by atoms with Crippen molar-refractivity contribution < 1.29 is 18.4 Å². The molecule has 0 spiro atoms. The van der Waals surface area contributed by atoms with Crippen LogP contribution in [0.5, 0.6) is 5.75 Å². The summed E-state index contributed by atoms with van der Waals surface area (Å²) in [6.45, 7) is 2.91. The lowest BCUT2D eigenvalue weighted by Gasteiger charge is -2.21. The second kappa shape index (κ2) is 7.74. The number of carbonyl (C=O) groups excluding carboxylic acids is 1. The topological polar surface area (TPSA) is 70.8 Å². The molecule has 0 aliphatic carbocycles. The first-order chi connectivity index (χ1) is 12.5. The minimum atomic E-state index is -0.477. The fraction of sp³-hybridized carbons (Fsp3) is 0.444. The standard InChI is InChI=1S/C18H23FN4O3/c1-22(2)17-15(18(24)23-9-4-7-20-8-10-23)16(26-21-17)12-5-6-13(19)14(11-12)25-3/h5-6,11,20H,4,7-10H2,1-3H3. The zero-order valence-electron chi connectivity index (χ0n) is 15.2. The lowest BCUT2D eigenvalue weighted by Crippen LogP contribution is -2.35. The van der Waals surface area contributed by atoms with E-state index in [0.29, 0.717) is 35.8 Å². The summed E-state index contributed by atoms with van der Waals surface area (Å²) in [5, 5.41) is 7.34. The van der Waals surface area contributed by atoms with Crippen LogP contribution in [0, 0.1) is 5.82 Å². The van der Waals surface area contributed by atoms with Gasteiger partial charge >= 0.3 is 0 Å². The number of ether oxygens (including phenoxy) is 1. The molecule has 7 nitrogen and oxygen atoms in total. The number of nitrogens with one attached hydrogen (secondary N) is 1. The third kappa shape index (κ3) is 3.50. The monoisotopic (exact) mass is 362 g/mol. The van der Waals surface area contributed by atoms with Gasteiger partial charge in [0.15, 0.2) is 23.1 Å². The fourth-order valence-electron chi connectivity index (χ4n) is 2.98. The molecule has 8 heteroatoms. The van der Waals surface area contributed by atoms with Crippen LogP contribution in [0.4, 0.5) is 10.2 Å². The van der Waals surface area contributed by atoms with Gasteiger partial charge in [0.25, 0.3) is 5.91 Å². The smallest absolute Gasteiger partial charge is 0.261 e. The molecule has 1 fully saturated rings. The van der Waals surface area contributed by atoms with Crippen LogP contribution < -0.4 is 15.0 Å². The molecule has 1 aromatic carbocycles. The lowest BCUT2D eigenvalue weighted by atomic mass is 10.1. The number of benzene rings is 1. The fourth-order valence-corrected chi connectivity index (χ4v) is 2.98. The van der Waals surface area contributed by atoms with Gasteiger partial charge in [0, 0.05) is 39.3 Å². The van der Waals surface area contributed by atoms with Gasteiger partial charge in [-0.3, -0.25) is 4.79 Å². The Bertz CT molecular complexity index is 783. The summed E-state index contributed by atoms with van der Waals surface area (Å²) in [7, 11) is 4.99. The molecule has 0 radical (unpaired) electrons. The molecule has 1 aliphatic rings. The van der Waals surface area contributed by atoms with Crippen molar-refractivity contribution in [1.82, 2.24) is 15.4 Å². The minimum Gasteiger partial charge on any atom is -0.494 e. The number of halogens is 1. The number of nitrogens with zero attached hydrogens (tertiary/aromatic N) is 3. The molecular formula is C18H23FN4O3. The Hall–Kier alpha value is -2.61. The average molecular weight is 362 g/mol. The molecule has 2 heterocycles. The molecule has 0 saturated carbocycles. The molecule has 0 atom stereocenters. The molecule has 3 rings (SSSR count). The van der Waals surface area contributed by atoms with Gasteiger partial charge in [0.1, 0.15) is 5.56 Å². The number of carbonyl (C=O) groups is 1. The minimum absolute atomic E-state index is 0.0858. The van der Waals surface area contributed by atoms with Crippen molar-refractivity contribution in [3.63, 3.8) is 0 Å². The largest absolute Gasteiger partial charge is 0.494 e. The first-order valence-corrected chi connectivity index (χ1v) is 8.54. The summed E-state index contributed by atoms with van der Waals surface area (Å²) >= 11 is 0. The number of amides is 1. The highest BCUT2D eigenvalue weighted by Crippen LogP contribution is 2.34.